The van der Waals surface area contributed by atoms with Gasteiger partial charge in [-0.05, 0) is 123 Å². The first-order chi connectivity index (χ1) is 34.8. The monoisotopic (exact) mass is 889 g/mol. The van der Waals surface area contributed by atoms with Gasteiger partial charge in [0, 0.05) is 44.2 Å². The molecule has 0 N–H and O–H groups in total. The lowest BCUT2D eigenvalue weighted by molar-refractivity contribution is 0.748. The summed E-state index contributed by atoms with van der Waals surface area (Å²) >= 11 is 0. The number of hydrogen-bond acceptors (Lipinski definition) is 1. The van der Waals surface area contributed by atoms with Crippen LogP contribution in [0.25, 0.3) is 88.4 Å². The molecule has 3 nitrogen and oxygen atoms in total. The molecule has 15 rings (SSSR count). The lowest BCUT2D eigenvalue weighted by atomic mass is 9.65. The molecule has 1 spiro atoms. The van der Waals surface area contributed by atoms with Gasteiger partial charge in [-0.15, -0.1) is 0 Å². The number of hydrogen-bond donors (Lipinski definition) is 0. The van der Waals surface area contributed by atoms with Gasteiger partial charge in [-0.25, -0.2) is 0 Å². The predicted molar refractivity (Wildman–Crippen MR) is 292 cm³/mol. The van der Waals surface area contributed by atoms with Crippen LogP contribution in [0.5, 0.6) is 0 Å². The summed E-state index contributed by atoms with van der Waals surface area (Å²) in [6.45, 7) is 0. The Bertz CT molecular complexity index is 4150. The predicted octanol–water partition coefficient (Wildman–Crippen LogP) is 17.4. The molecule has 0 unspecified atom stereocenters. The molecular formula is C67H43N3. The van der Waals surface area contributed by atoms with E-state index >= 15 is 0 Å². The smallest absolute Gasteiger partial charge is 0.0754 e. The molecule has 11 aromatic carbocycles. The molecule has 3 heteroatoms. The summed E-state index contributed by atoms with van der Waals surface area (Å²) in [5.74, 6) is 0. The molecule has 0 saturated heterocycles. The number of anilines is 3. The standard InChI is InChI=1S/C67H43N3/c1-2-18-44(19-3-1)45-20-16-21-46(42-45)50-22-6-12-32-61(50)68(47-36-38-48(39-37-47)69-62-33-13-7-25-53(62)54-26-8-14-34-63(54)69)49-40-41-64-56(43-49)55-27-17-31-60-66(55)70(64)65-35-15-11-30-59(65)67(60)57-28-9-4-23-51(57)52-24-5-10-29-58(52)67/h1-43H. The Morgan fingerprint density at radius 2 is 0.829 bits per heavy atom. The van der Waals surface area contributed by atoms with Crippen molar-refractivity contribution in [3.63, 3.8) is 0 Å². The van der Waals surface area contributed by atoms with Gasteiger partial charge < -0.3 is 14.0 Å². The lowest BCUT2D eigenvalue weighted by Crippen LogP contribution is -2.33. The van der Waals surface area contributed by atoms with Gasteiger partial charge in [-0.2, -0.15) is 0 Å². The molecule has 2 aromatic heterocycles. The van der Waals surface area contributed by atoms with Crippen LogP contribution in [0.4, 0.5) is 17.1 Å². The molecule has 3 heterocycles. The SMILES string of the molecule is c1ccc(-c2cccc(-c3ccccc3N(c3ccc(-n4c5ccccc5c5ccccc54)cc3)c3ccc4c(c3)c3cccc5c3n4-c3ccccc3C53c4ccccc4-c4ccccc43)c2)cc1. The molecule has 13 aromatic rings. The summed E-state index contributed by atoms with van der Waals surface area (Å²) in [5, 5.41) is 4.97. The van der Waals surface area contributed by atoms with Crippen molar-refractivity contribution in [3.8, 4) is 44.8 Å². The topological polar surface area (TPSA) is 13.1 Å². The zero-order valence-corrected chi connectivity index (χ0v) is 38.2. The highest BCUT2D eigenvalue weighted by Gasteiger charge is 2.50. The Balaban J connectivity index is 0.966. The first kappa shape index (κ1) is 38.9. The summed E-state index contributed by atoms with van der Waals surface area (Å²) in [7, 11) is 0. The summed E-state index contributed by atoms with van der Waals surface area (Å²) in [4.78, 5) is 2.46. The molecular weight excluding hydrogens is 847 g/mol. The van der Waals surface area contributed by atoms with Crippen molar-refractivity contribution in [1.82, 2.24) is 9.13 Å². The van der Waals surface area contributed by atoms with Crippen LogP contribution in [0.15, 0.2) is 261 Å². The zero-order chi connectivity index (χ0) is 45.9. The highest BCUT2D eigenvalue weighted by atomic mass is 15.1. The molecule has 2 aliphatic rings. The molecule has 0 saturated carbocycles. The van der Waals surface area contributed by atoms with Crippen molar-refractivity contribution in [1.29, 1.82) is 0 Å². The Kier molecular flexibility index (Phi) is 8.28. The Hall–Kier alpha value is -9.18. The summed E-state index contributed by atoms with van der Waals surface area (Å²) in [5.41, 5.74) is 22.7. The van der Waals surface area contributed by atoms with Crippen molar-refractivity contribution in [2.75, 3.05) is 4.90 Å². The van der Waals surface area contributed by atoms with E-state index in [-0.39, 0.29) is 0 Å². The van der Waals surface area contributed by atoms with Crippen LogP contribution in [0.3, 0.4) is 0 Å². The largest absolute Gasteiger partial charge is 0.310 e. The van der Waals surface area contributed by atoms with Crippen molar-refractivity contribution >= 4 is 60.7 Å². The number of para-hydroxylation sites is 5. The highest BCUT2D eigenvalue weighted by Crippen LogP contribution is 2.61. The van der Waals surface area contributed by atoms with E-state index in [9.17, 15) is 0 Å². The van der Waals surface area contributed by atoms with Gasteiger partial charge in [0.2, 0.25) is 0 Å². The molecule has 70 heavy (non-hydrogen) atoms. The summed E-state index contributed by atoms with van der Waals surface area (Å²) in [6, 6.07) is 96.6. The fourth-order valence-electron chi connectivity index (χ4n) is 12.5. The Labute approximate surface area is 406 Å². The maximum absolute atomic E-state index is 2.54. The minimum Gasteiger partial charge on any atom is -0.310 e. The fraction of sp³-hybridized carbons (Fsp3) is 0.0149. The second-order valence-corrected chi connectivity index (χ2v) is 18.8. The third-order valence-corrected chi connectivity index (χ3v) is 15.3. The van der Waals surface area contributed by atoms with Crippen molar-refractivity contribution < 1.29 is 0 Å². The van der Waals surface area contributed by atoms with E-state index in [1.54, 1.807) is 0 Å². The van der Waals surface area contributed by atoms with Crippen LogP contribution in [-0.2, 0) is 5.41 Å². The van der Waals surface area contributed by atoms with Crippen LogP contribution in [0, 0.1) is 0 Å². The normalized spacial score (nSPS) is 13.0. The van der Waals surface area contributed by atoms with Crippen LogP contribution in [0.1, 0.15) is 22.3 Å². The van der Waals surface area contributed by atoms with Crippen LogP contribution in [0.2, 0.25) is 0 Å². The van der Waals surface area contributed by atoms with Gasteiger partial charge >= 0.3 is 0 Å². The quantitative estimate of drug-likeness (QED) is 0.162. The van der Waals surface area contributed by atoms with Gasteiger partial charge in [0.05, 0.1) is 38.9 Å². The van der Waals surface area contributed by atoms with E-state index in [1.165, 1.54) is 93.8 Å². The molecule has 1 aliphatic heterocycles. The second-order valence-electron chi connectivity index (χ2n) is 18.8. The molecule has 0 fully saturated rings. The summed E-state index contributed by atoms with van der Waals surface area (Å²) < 4.78 is 4.94. The summed E-state index contributed by atoms with van der Waals surface area (Å²) in [6.07, 6.45) is 0. The maximum Gasteiger partial charge on any atom is 0.0754 e. The zero-order valence-electron chi connectivity index (χ0n) is 38.2. The van der Waals surface area contributed by atoms with Gasteiger partial charge in [-0.1, -0.05) is 188 Å². The van der Waals surface area contributed by atoms with Crippen LogP contribution >= 0.6 is 0 Å². The Morgan fingerprint density at radius 3 is 1.57 bits per heavy atom. The van der Waals surface area contributed by atoms with Gasteiger partial charge in [-0.3, -0.25) is 0 Å². The molecule has 0 radical (unpaired) electrons. The van der Waals surface area contributed by atoms with Crippen LogP contribution in [-0.4, -0.2) is 9.13 Å². The number of nitrogens with zero attached hydrogens (tertiary/aromatic N) is 3. The van der Waals surface area contributed by atoms with E-state index in [2.05, 4.69) is 275 Å². The first-order valence-corrected chi connectivity index (χ1v) is 24.3. The van der Waals surface area contributed by atoms with E-state index in [1.807, 2.05) is 0 Å². The molecule has 1 aliphatic carbocycles. The van der Waals surface area contributed by atoms with Gasteiger partial charge in [0.25, 0.3) is 0 Å². The minimum atomic E-state index is -0.464. The second kappa shape index (κ2) is 14.9. The third kappa shape index (κ3) is 5.34. The number of rotatable bonds is 6. The lowest BCUT2D eigenvalue weighted by Gasteiger charge is -2.39. The van der Waals surface area contributed by atoms with Crippen molar-refractivity contribution in [2.24, 2.45) is 0 Å². The minimum absolute atomic E-state index is 0.464. The highest BCUT2D eigenvalue weighted by molar-refractivity contribution is 6.14. The average molecular weight is 890 g/mol. The van der Waals surface area contributed by atoms with Gasteiger partial charge in [0.15, 0.2) is 0 Å². The van der Waals surface area contributed by atoms with E-state index < -0.39 is 5.41 Å². The molecule has 326 valence electrons. The van der Waals surface area contributed by atoms with Crippen molar-refractivity contribution in [3.05, 3.63) is 283 Å². The first-order valence-electron chi connectivity index (χ1n) is 24.3. The van der Waals surface area contributed by atoms with E-state index in [0.29, 0.717) is 0 Å². The van der Waals surface area contributed by atoms with E-state index in [4.69, 9.17) is 0 Å². The average Bonchev–Trinajstić information content (AvgIpc) is 4.06. The van der Waals surface area contributed by atoms with Crippen molar-refractivity contribution in [2.45, 2.75) is 5.41 Å². The number of fused-ring (bicyclic) bond motifs is 15. The Morgan fingerprint density at radius 1 is 0.300 bits per heavy atom. The fourth-order valence-corrected chi connectivity index (χ4v) is 12.5. The van der Waals surface area contributed by atoms with Crippen LogP contribution < -0.4 is 4.90 Å². The molecule has 0 bridgehead atoms. The van der Waals surface area contributed by atoms with E-state index in [0.717, 1.165) is 33.9 Å². The maximum atomic E-state index is 2.54. The number of benzene rings is 11. The number of aromatic nitrogens is 2. The molecule has 0 atom stereocenters. The third-order valence-electron chi connectivity index (χ3n) is 15.3. The van der Waals surface area contributed by atoms with Gasteiger partial charge in [0.1, 0.15) is 0 Å². The molecule has 0 amide bonds.